The molecule has 0 radical (unpaired) electrons. The van der Waals surface area contributed by atoms with E-state index in [-0.39, 0.29) is 0 Å². The monoisotopic (exact) mass is 260 g/mol. The molecule has 0 nitrogen and oxygen atoms in total. The van der Waals surface area contributed by atoms with Crippen molar-refractivity contribution in [2.45, 2.75) is 88.5 Å². The Labute approximate surface area is 121 Å². The van der Waals surface area contributed by atoms with Crippen molar-refractivity contribution in [2.24, 2.45) is 5.92 Å². The second-order valence-electron chi connectivity index (χ2n) is 3.85. The second kappa shape index (κ2) is 94.0. The fourth-order valence-corrected chi connectivity index (χ4v) is 0. The van der Waals surface area contributed by atoms with Crippen molar-refractivity contribution in [1.29, 1.82) is 0 Å². The molecule has 0 saturated heterocycles. The van der Waals surface area contributed by atoms with E-state index in [0.29, 0.717) is 0 Å². The molecule has 0 aliphatic carbocycles. The summed E-state index contributed by atoms with van der Waals surface area (Å²) in [6.45, 7) is 30.4. The molecule has 0 rings (SSSR count). The van der Waals surface area contributed by atoms with Crippen molar-refractivity contribution in [3.63, 3.8) is 0 Å². The molecular weight excluding hydrogens is 216 g/mol. The van der Waals surface area contributed by atoms with Gasteiger partial charge in [0.15, 0.2) is 0 Å². The lowest BCUT2D eigenvalue weighted by atomic mass is 10.3. The molecule has 0 amide bonds. The van der Waals surface area contributed by atoms with Crippen molar-refractivity contribution < 1.29 is 0 Å². The standard InChI is InChI=1S/2C4H10.C3H8.C3H6.C2H6.C2H4/c1-4(2)3;1-3-4-2;2*1-3-2;2*1-2/h4H,1-3H3;3-4H2,1-2H3;3H2,1-2H3;3H,1H2,2H3;1-2H3;1-2H2. The third-order valence-corrected chi connectivity index (χ3v) is 0.500. The summed E-state index contributed by atoms with van der Waals surface area (Å²) in [6, 6.07) is 0. The predicted octanol–water partition coefficient (Wildman–Crippen LogP) is 7.91. The molecule has 0 heteroatoms. The molecule has 0 bridgehead atoms. The number of unbranched alkanes of at least 4 members (excludes halogenated alkanes) is 1. The first-order valence-electron chi connectivity index (χ1n) is 7.55. The van der Waals surface area contributed by atoms with E-state index in [1.165, 1.54) is 19.3 Å². The summed E-state index contributed by atoms with van der Waals surface area (Å²) in [5.41, 5.74) is 0. The highest BCUT2D eigenvalue weighted by atomic mass is 13.7. The molecule has 0 aromatic heterocycles. The Hall–Kier alpha value is -0.520. The van der Waals surface area contributed by atoms with Crippen LogP contribution < -0.4 is 0 Å². The fraction of sp³-hybridized carbons (Fsp3) is 0.778. The van der Waals surface area contributed by atoms with Crippen molar-refractivity contribution in [1.82, 2.24) is 0 Å². The minimum atomic E-state index is 0.833. The third kappa shape index (κ3) is 14100. The molecule has 0 N–H and O–H groups in total. The Morgan fingerprint density at radius 2 is 0.889 bits per heavy atom. The number of allylic oxidation sites excluding steroid dienone is 1. The Kier molecular flexibility index (Phi) is 188. The van der Waals surface area contributed by atoms with Gasteiger partial charge in [-0.2, -0.15) is 0 Å². The van der Waals surface area contributed by atoms with Gasteiger partial charge in [0, 0.05) is 0 Å². The highest BCUT2D eigenvalue weighted by molar-refractivity contribution is 4.51. The van der Waals surface area contributed by atoms with Gasteiger partial charge in [-0.3, -0.25) is 0 Å². The Morgan fingerprint density at radius 3 is 0.889 bits per heavy atom. The maximum absolute atomic E-state index is 3.36. The molecule has 0 saturated carbocycles. The summed E-state index contributed by atoms with van der Waals surface area (Å²) in [5, 5.41) is 0. The Bertz CT molecular complexity index is 57.7. The van der Waals surface area contributed by atoms with Crippen LogP contribution in [0.25, 0.3) is 0 Å². The molecular formula is C18H44. The molecule has 116 valence electrons. The average Bonchev–Trinajstić information content (AvgIpc) is 2.35. The molecule has 0 atom stereocenters. The molecule has 0 spiro atoms. The zero-order valence-electron chi connectivity index (χ0n) is 15.4. The van der Waals surface area contributed by atoms with Crippen molar-refractivity contribution >= 4 is 0 Å². The smallest absolute Gasteiger partial charge is 0.0473 e. The largest absolute Gasteiger partial charge is 0.106 e. The van der Waals surface area contributed by atoms with E-state index >= 15 is 0 Å². The molecule has 0 heterocycles. The van der Waals surface area contributed by atoms with Gasteiger partial charge in [-0.15, -0.1) is 19.7 Å². The van der Waals surface area contributed by atoms with E-state index in [4.69, 9.17) is 0 Å². The molecule has 0 aromatic rings. The van der Waals surface area contributed by atoms with Crippen LogP contribution in [0.15, 0.2) is 25.8 Å². The van der Waals surface area contributed by atoms with Gasteiger partial charge in [-0.05, 0) is 12.8 Å². The maximum Gasteiger partial charge on any atom is -0.0473 e. The lowest BCUT2D eigenvalue weighted by Gasteiger charge is -1.79. The quantitative estimate of drug-likeness (QED) is 0.420. The number of rotatable bonds is 1. The fourth-order valence-electron chi connectivity index (χ4n) is 0. The zero-order valence-corrected chi connectivity index (χ0v) is 15.4. The third-order valence-electron chi connectivity index (χ3n) is 0.500. The van der Waals surface area contributed by atoms with Gasteiger partial charge in [0.05, 0.1) is 0 Å². The van der Waals surface area contributed by atoms with E-state index in [1.807, 2.05) is 20.8 Å². The lowest BCUT2D eigenvalue weighted by molar-refractivity contribution is 0.737. The summed E-state index contributed by atoms with van der Waals surface area (Å²) in [5.74, 6) is 0.833. The first kappa shape index (κ1) is 36.0. The SMILES string of the molecule is C=C.C=CC.CC.CC(C)C.CCC.CCCC. The van der Waals surface area contributed by atoms with Crippen molar-refractivity contribution in [3.05, 3.63) is 25.8 Å². The van der Waals surface area contributed by atoms with Gasteiger partial charge in [0.2, 0.25) is 0 Å². The average molecular weight is 261 g/mol. The molecule has 0 unspecified atom stereocenters. The van der Waals surface area contributed by atoms with Gasteiger partial charge in [-0.1, -0.05) is 87.7 Å². The van der Waals surface area contributed by atoms with Crippen LogP contribution in [0.4, 0.5) is 0 Å². The molecule has 0 fully saturated rings. The van der Waals surface area contributed by atoms with Crippen LogP contribution in [0.2, 0.25) is 0 Å². The van der Waals surface area contributed by atoms with Gasteiger partial charge >= 0.3 is 0 Å². The summed E-state index contributed by atoms with van der Waals surface area (Å²) in [4.78, 5) is 0. The van der Waals surface area contributed by atoms with Gasteiger partial charge < -0.3 is 0 Å². The van der Waals surface area contributed by atoms with Crippen LogP contribution in [0, 0.1) is 5.92 Å². The molecule has 0 aliphatic rings. The first-order chi connectivity index (χ1) is 8.47. The highest BCUT2D eigenvalue weighted by Gasteiger charge is 1.68. The number of hydrogen-bond donors (Lipinski definition) is 0. The summed E-state index contributed by atoms with van der Waals surface area (Å²) in [7, 11) is 0. The molecule has 18 heavy (non-hydrogen) atoms. The molecule has 0 aliphatic heterocycles. The Morgan fingerprint density at radius 1 is 0.833 bits per heavy atom. The van der Waals surface area contributed by atoms with Crippen LogP contribution in [0.5, 0.6) is 0 Å². The maximum atomic E-state index is 3.36. The highest BCUT2D eigenvalue weighted by Crippen LogP contribution is 1.81. The van der Waals surface area contributed by atoms with E-state index < -0.39 is 0 Å². The van der Waals surface area contributed by atoms with Gasteiger partial charge in [-0.25, -0.2) is 0 Å². The normalized spacial score (nSPS) is 5.94. The zero-order chi connectivity index (χ0) is 16.4. The van der Waals surface area contributed by atoms with E-state index in [2.05, 4.69) is 68.2 Å². The van der Waals surface area contributed by atoms with Crippen molar-refractivity contribution in [2.75, 3.05) is 0 Å². The second-order valence-corrected chi connectivity index (χ2v) is 3.85. The van der Waals surface area contributed by atoms with Crippen LogP contribution in [0.3, 0.4) is 0 Å². The summed E-state index contributed by atoms with van der Waals surface area (Å²) >= 11 is 0. The summed E-state index contributed by atoms with van der Waals surface area (Å²) < 4.78 is 0. The van der Waals surface area contributed by atoms with Crippen molar-refractivity contribution in [3.8, 4) is 0 Å². The van der Waals surface area contributed by atoms with E-state index in [9.17, 15) is 0 Å². The Balaban J connectivity index is -0.0000000246. The van der Waals surface area contributed by atoms with Gasteiger partial charge in [0.25, 0.3) is 0 Å². The lowest BCUT2D eigenvalue weighted by Crippen LogP contribution is -1.66. The van der Waals surface area contributed by atoms with E-state index in [0.717, 1.165) is 5.92 Å². The van der Waals surface area contributed by atoms with Crippen LogP contribution in [-0.2, 0) is 0 Å². The van der Waals surface area contributed by atoms with Crippen LogP contribution in [0.1, 0.15) is 88.5 Å². The summed E-state index contributed by atoms with van der Waals surface area (Å²) in [6.07, 6.45) is 5.64. The number of hydrogen-bond acceptors (Lipinski definition) is 0. The van der Waals surface area contributed by atoms with Gasteiger partial charge in [0.1, 0.15) is 0 Å². The first-order valence-corrected chi connectivity index (χ1v) is 7.55. The van der Waals surface area contributed by atoms with Crippen LogP contribution >= 0.6 is 0 Å². The topological polar surface area (TPSA) is 0 Å². The minimum Gasteiger partial charge on any atom is -0.106 e. The minimum absolute atomic E-state index is 0.833. The van der Waals surface area contributed by atoms with Crippen LogP contribution in [-0.4, -0.2) is 0 Å². The molecule has 0 aromatic carbocycles. The van der Waals surface area contributed by atoms with E-state index in [1.54, 1.807) is 6.08 Å². The predicted molar refractivity (Wildman–Crippen MR) is 95.5 cm³/mol.